The Morgan fingerprint density at radius 2 is 2.24 bits per heavy atom. The van der Waals surface area contributed by atoms with Crippen LogP contribution >= 0.6 is 22.7 Å². The van der Waals surface area contributed by atoms with Crippen LogP contribution < -0.4 is 4.90 Å². The van der Waals surface area contributed by atoms with Crippen LogP contribution in [0.5, 0.6) is 0 Å². The lowest BCUT2D eigenvalue weighted by Gasteiger charge is -2.16. The summed E-state index contributed by atoms with van der Waals surface area (Å²) < 4.78 is 5.04. The highest BCUT2D eigenvalue weighted by atomic mass is 32.1. The van der Waals surface area contributed by atoms with Crippen molar-refractivity contribution in [2.75, 3.05) is 18.1 Å². The van der Waals surface area contributed by atoms with E-state index in [4.69, 9.17) is 4.74 Å². The molecule has 110 valence electrons. The highest BCUT2D eigenvalue weighted by Gasteiger charge is 2.27. The van der Waals surface area contributed by atoms with E-state index in [1.807, 2.05) is 17.5 Å². The Kier molecular flexibility index (Phi) is 3.69. The van der Waals surface area contributed by atoms with E-state index in [0.29, 0.717) is 30.1 Å². The average Bonchev–Trinajstić information content (AvgIpc) is 3.03. The van der Waals surface area contributed by atoms with Crippen molar-refractivity contribution in [2.24, 2.45) is 0 Å². The minimum absolute atomic E-state index is 0.316. The second-order valence-electron chi connectivity index (χ2n) is 4.50. The first-order chi connectivity index (χ1) is 10.1. The summed E-state index contributed by atoms with van der Waals surface area (Å²) >= 11 is 2.87. The van der Waals surface area contributed by atoms with Crippen LogP contribution in [0.4, 0.5) is 10.5 Å². The van der Waals surface area contributed by atoms with Crippen LogP contribution in [0.1, 0.15) is 22.2 Å². The van der Waals surface area contributed by atoms with E-state index in [2.05, 4.69) is 0 Å². The molecule has 0 radical (unpaired) electrons. The average molecular weight is 323 g/mol. The number of anilines is 1. The monoisotopic (exact) mass is 323 g/mol. The standard InChI is InChI=1S/C14H13NO4S2/c1-2-19-13(16)10-7-8-3-5-15(14(17)18)9-4-6-20-12(9)11(8)21-10/h4,6-7H,2-3,5H2,1H3,(H,17,18). The van der Waals surface area contributed by atoms with E-state index >= 15 is 0 Å². The molecule has 0 bridgehead atoms. The number of fused-ring (bicyclic) bond motifs is 3. The molecule has 1 amide bonds. The summed E-state index contributed by atoms with van der Waals surface area (Å²) in [6.45, 7) is 2.52. The molecule has 2 aromatic rings. The molecule has 0 fully saturated rings. The number of carboxylic acid groups (broad SMARTS) is 1. The third-order valence-electron chi connectivity index (χ3n) is 3.26. The minimum atomic E-state index is -0.949. The van der Waals surface area contributed by atoms with Gasteiger partial charge in [-0.2, -0.15) is 0 Å². The van der Waals surface area contributed by atoms with Crippen LogP contribution in [-0.2, 0) is 11.2 Å². The van der Waals surface area contributed by atoms with Crippen molar-refractivity contribution < 1.29 is 19.4 Å². The number of thiophene rings is 2. The summed E-state index contributed by atoms with van der Waals surface area (Å²) in [7, 11) is 0. The molecule has 0 aromatic carbocycles. The van der Waals surface area contributed by atoms with E-state index in [-0.39, 0.29) is 5.97 Å². The number of esters is 1. The van der Waals surface area contributed by atoms with Crippen LogP contribution in [0, 0.1) is 0 Å². The minimum Gasteiger partial charge on any atom is -0.465 e. The van der Waals surface area contributed by atoms with Gasteiger partial charge in [-0.25, -0.2) is 9.59 Å². The molecule has 1 N–H and O–H groups in total. The highest BCUT2D eigenvalue weighted by Crippen LogP contribution is 2.44. The third kappa shape index (κ3) is 2.43. The molecular formula is C14H13NO4S2. The molecule has 3 rings (SSSR count). The maximum absolute atomic E-state index is 11.9. The van der Waals surface area contributed by atoms with Gasteiger partial charge < -0.3 is 9.84 Å². The number of amides is 1. The van der Waals surface area contributed by atoms with Crippen molar-refractivity contribution in [3.8, 4) is 9.75 Å². The molecule has 0 spiro atoms. The lowest BCUT2D eigenvalue weighted by atomic mass is 10.2. The zero-order valence-electron chi connectivity index (χ0n) is 11.3. The third-order valence-corrected chi connectivity index (χ3v) is 5.49. The van der Waals surface area contributed by atoms with Crippen molar-refractivity contribution in [3.05, 3.63) is 28.0 Å². The van der Waals surface area contributed by atoms with Gasteiger partial charge in [0.2, 0.25) is 0 Å². The predicted octanol–water partition coefficient (Wildman–Crippen LogP) is 3.69. The Balaban J connectivity index is 2.05. The van der Waals surface area contributed by atoms with Gasteiger partial charge >= 0.3 is 12.1 Å². The van der Waals surface area contributed by atoms with Crippen LogP contribution in [0.2, 0.25) is 0 Å². The molecule has 0 saturated heterocycles. The van der Waals surface area contributed by atoms with Gasteiger partial charge in [-0.15, -0.1) is 22.7 Å². The Bertz CT molecular complexity index is 704. The molecule has 0 atom stereocenters. The Morgan fingerprint density at radius 3 is 2.95 bits per heavy atom. The fourth-order valence-corrected chi connectivity index (χ4v) is 4.54. The number of ether oxygens (including phenoxy) is 1. The number of carbonyl (C=O) groups excluding carboxylic acids is 1. The maximum atomic E-state index is 11.9. The fourth-order valence-electron chi connectivity index (χ4n) is 2.35. The van der Waals surface area contributed by atoms with Gasteiger partial charge in [0.05, 0.1) is 22.0 Å². The number of carbonyl (C=O) groups is 2. The van der Waals surface area contributed by atoms with Crippen LogP contribution in [0.15, 0.2) is 17.5 Å². The van der Waals surface area contributed by atoms with Crippen LogP contribution in [0.25, 0.3) is 9.75 Å². The van der Waals surface area contributed by atoms with Crippen molar-refractivity contribution >= 4 is 40.4 Å². The molecule has 1 aliphatic heterocycles. The topological polar surface area (TPSA) is 66.8 Å². The molecular weight excluding hydrogens is 310 g/mol. The summed E-state index contributed by atoms with van der Waals surface area (Å²) in [6.07, 6.45) is -0.353. The van der Waals surface area contributed by atoms with Gasteiger partial charge in [0.1, 0.15) is 4.88 Å². The maximum Gasteiger partial charge on any atom is 0.411 e. The molecule has 2 aromatic heterocycles. The molecule has 5 nitrogen and oxygen atoms in total. The summed E-state index contributed by atoms with van der Waals surface area (Å²) in [6, 6.07) is 3.64. The summed E-state index contributed by atoms with van der Waals surface area (Å²) in [5.74, 6) is -0.316. The van der Waals surface area contributed by atoms with Crippen molar-refractivity contribution in [2.45, 2.75) is 13.3 Å². The van der Waals surface area contributed by atoms with Gasteiger partial charge in [-0.3, -0.25) is 4.90 Å². The smallest absolute Gasteiger partial charge is 0.411 e. The Hall–Kier alpha value is -1.86. The first-order valence-electron chi connectivity index (χ1n) is 6.50. The van der Waals surface area contributed by atoms with Gasteiger partial charge in [-0.05, 0) is 36.4 Å². The first-order valence-corrected chi connectivity index (χ1v) is 8.19. The summed E-state index contributed by atoms with van der Waals surface area (Å²) in [5.41, 5.74) is 1.71. The summed E-state index contributed by atoms with van der Waals surface area (Å²) in [5, 5.41) is 11.2. The fraction of sp³-hybridized carbons (Fsp3) is 0.286. The predicted molar refractivity (Wildman–Crippen MR) is 82.7 cm³/mol. The lowest BCUT2D eigenvalue weighted by molar-refractivity contribution is 0.0532. The van der Waals surface area contributed by atoms with E-state index in [9.17, 15) is 14.7 Å². The normalized spacial score (nSPS) is 13.3. The molecule has 21 heavy (non-hydrogen) atoms. The zero-order chi connectivity index (χ0) is 15.0. The number of hydrogen-bond acceptors (Lipinski definition) is 5. The Labute approximate surface area is 129 Å². The largest absolute Gasteiger partial charge is 0.465 e. The molecule has 0 aliphatic carbocycles. The van der Waals surface area contributed by atoms with Crippen molar-refractivity contribution in [1.82, 2.24) is 0 Å². The zero-order valence-corrected chi connectivity index (χ0v) is 12.9. The lowest BCUT2D eigenvalue weighted by Crippen LogP contribution is -2.30. The first kappa shape index (κ1) is 14.1. The quantitative estimate of drug-likeness (QED) is 0.856. The summed E-state index contributed by atoms with van der Waals surface area (Å²) in [4.78, 5) is 27.0. The second kappa shape index (κ2) is 5.50. The van der Waals surface area contributed by atoms with Crippen LogP contribution in [0.3, 0.4) is 0 Å². The van der Waals surface area contributed by atoms with Gasteiger partial charge in [0.15, 0.2) is 0 Å². The van der Waals surface area contributed by atoms with Gasteiger partial charge in [0.25, 0.3) is 0 Å². The van der Waals surface area contributed by atoms with Crippen LogP contribution in [-0.4, -0.2) is 30.3 Å². The Morgan fingerprint density at radius 1 is 1.43 bits per heavy atom. The van der Waals surface area contributed by atoms with Gasteiger partial charge in [-0.1, -0.05) is 0 Å². The molecule has 0 unspecified atom stereocenters. The van der Waals surface area contributed by atoms with E-state index in [1.165, 1.54) is 27.6 Å². The van der Waals surface area contributed by atoms with E-state index < -0.39 is 6.09 Å². The van der Waals surface area contributed by atoms with Crippen molar-refractivity contribution in [3.63, 3.8) is 0 Å². The van der Waals surface area contributed by atoms with Gasteiger partial charge in [0, 0.05) is 6.54 Å². The molecule has 7 heteroatoms. The number of nitrogens with zero attached hydrogens (tertiary/aromatic N) is 1. The molecule has 3 heterocycles. The number of hydrogen-bond donors (Lipinski definition) is 1. The SMILES string of the molecule is CCOC(=O)c1cc2c(s1)-c1sccc1N(C(=O)O)CC2. The number of rotatable bonds is 2. The molecule has 1 aliphatic rings. The highest BCUT2D eigenvalue weighted by molar-refractivity contribution is 7.23. The van der Waals surface area contributed by atoms with E-state index in [1.54, 1.807) is 6.92 Å². The van der Waals surface area contributed by atoms with Crippen molar-refractivity contribution in [1.29, 1.82) is 0 Å². The van der Waals surface area contributed by atoms with E-state index in [0.717, 1.165) is 15.3 Å². The molecule has 0 saturated carbocycles. The second-order valence-corrected chi connectivity index (χ2v) is 6.47.